The molecule has 0 amide bonds. The first-order chi connectivity index (χ1) is 8.12. The van der Waals surface area contributed by atoms with E-state index in [0.29, 0.717) is 13.2 Å². The maximum Gasteiger partial charge on any atom is 0.0648 e. The Labute approximate surface area is 104 Å². The molecular formula is C12H26N4O. The third kappa shape index (κ3) is 3.89. The first kappa shape index (κ1) is 13.2. The van der Waals surface area contributed by atoms with Gasteiger partial charge in [0.2, 0.25) is 0 Å². The van der Waals surface area contributed by atoms with Crippen molar-refractivity contribution in [3.05, 3.63) is 0 Å². The van der Waals surface area contributed by atoms with Gasteiger partial charge in [-0.2, -0.15) is 0 Å². The molecule has 100 valence electrons. The molecule has 5 nitrogen and oxygen atoms in total. The normalized spacial score (nSPS) is 27.9. The summed E-state index contributed by atoms with van der Waals surface area (Å²) in [6.45, 7) is 5.27. The second-order valence-electron chi connectivity index (χ2n) is 5.72. The number of hydrogen-bond acceptors (Lipinski definition) is 5. The summed E-state index contributed by atoms with van der Waals surface area (Å²) in [5.41, 5.74) is 12.3. The molecule has 6 N–H and O–H groups in total. The molecule has 2 aliphatic heterocycles. The molecule has 2 fully saturated rings. The van der Waals surface area contributed by atoms with Crippen LogP contribution in [0.4, 0.5) is 0 Å². The van der Waals surface area contributed by atoms with Crippen molar-refractivity contribution in [3.63, 3.8) is 0 Å². The van der Waals surface area contributed by atoms with E-state index in [1.807, 2.05) is 0 Å². The van der Waals surface area contributed by atoms with Gasteiger partial charge in [0.05, 0.1) is 13.2 Å². The number of piperidine rings is 2. The largest absolute Gasteiger partial charge is 0.378 e. The Morgan fingerprint density at radius 2 is 1.12 bits per heavy atom. The minimum Gasteiger partial charge on any atom is -0.378 e. The third-order valence-electron chi connectivity index (χ3n) is 3.98. The molecule has 2 saturated heterocycles. The van der Waals surface area contributed by atoms with Gasteiger partial charge in [0, 0.05) is 11.1 Å². The lowest BCUT2D eigenvalue weighted by Crippen LogP contribution is -2.55. The molecule has 0 aromatic rings. The fraction of sp³-hybridized carbons (Fsp3) is 1.00. The van der Waals surface area contributed by atoms with Crippen molar-refractivity contribution in [2.24, 2.45) is 11.5 Å². The number of rotatable bonds is 4. The van der Waals surface area contributed by atoms with E-state index >= 15 is 0 Å². The van der Waals surface area contributed by atoms with E-state index in [2.05, 4.69) is 10.6 Å². The second-order valence-corrected chi connectivity index (χ2v) is 5.72. The van der Waals surface area contributed by atoms with Gasteiger partial charge in [-0.3, -0.25) is 0 Å². The molecule has 2 aliphatic rings. The quantitative estimate of drug-likeness (QED) is 0.517. The summed E-state index contributed by atoms with van der Waals surface area (Å²) in [5, 5.41) is 6.64. The van der Waals surface area contributed by atoms with Gasteiger partial charge in [0.25, 0.3) is 0 Å². The van der Waals surface area contributed by atoms with Crippen LogP contribution in [-0.2, 0) is 4.74 Å². The zero-order valence-electron chi connectivity index (χ0n) is 10.6. The van der Waals surface area contributed by atoms with Crippen molar-refractivity contribution in [3.8, 4) is 0 Å². The van der Waals surface area contributed by atoms with Gasteiger partial charge in [-0.1, -0.05) is 0 Å². The van der Waals surface area contributed by atoms with Gasteiger partial charge in [-0.05, 0) is 51.9 Å². The fourth-order valence-electron chi connectivity index (χ4n) is 2.60. The highest BCUT2D eigenvalue weighted by Crippen LogP contribution is 2.19. The molecule has 2 heterocycles. The summed E-state index contributed by atoms with van der Waals surface area (Å²) in [4.78, 5) is 0. The van der Waals surface area contributed by atoms with Crippen LogP contribution < -0.4 is 22.1 Å². The average Bonchev–Trinajstić information content (AvgIpc) is 2.30. The molecule has 0 saturated carbocycles. The maximum atomic E-state index is 6.30. The lowest BCUT2D eigenvalue weighted by molar-refractivity contribution is 0.0309. The molecule has 0 aromatic carbocycles. The lowest BCUT2D eigenvalue weighted by Gasteiger charge is -2.37. The molecule has 17 heavy (non-hydrogen) atoms. The molecule has 0 aromatic heterocycles. The smallest absolute Gasteiger partial charge is 0.0648 e. The summed E-state index contributed by atoms with van der Waals surface area (Å²) < 4.78 is 5.81. The van der Waals surface area contributed by atoms with Crippen molar-refractivity contribution in [1.29, 1.82) is 0 Å². The maximum absolute atomic E-state index is 6.30. The average molecular weight is 242 g/mol. The predicted octanol–water partition coefficient (Wildman–Crippen LogP) is -0.835. The van der Waals surface area contributed by atoms with E-state index in [9.17, 15) is 0 Å². The highest BCUT2D eigenvalue weighted by Gasteiger charge is 2.31. The van der Waals surface area contributed by atoms with E-state index in [4.69, 9.17) is 16.2 Å². The Bertz CT molecular complexity index is 211. The van der Waals surface area contributed by atoms with Crippen LogP contribution in [-0.4, -0.2) is 50.5 Å². The zero-order valence-corrected chi connectivity index (χ0v) is 10.6. The third-order valence-corrected chi connectivity index (χ3v) is 3.98. The molecule has 0 unspecified atom stereocenters. The van der Waals surface area contributed by atoms with Crippen LogP contribution >= 0.6 is 0 Å². The Balaban J connectivity index is 1.70. The molecule has 0 aliphatic carbocycles. The van der Waals surface area contributed by atoms with Crippen LogP contribution in [0, 0.1) is 0 Å². The highest BCUT2D eigenvalue weighted by molar-refractivity contribution is 4.92. The summed E-state index contributed by atoms with van der Waals surface area (Å²) in [7, 11) is 0. The molecule has 2 rings (SSSR count). The Morgan fingerprint density at radius 1 is 0.765 bits per heavy atom. The van der Waals surface area contributed by atoms with E-state index in [1.165, 1.54) is 0 Å². The monoisotopic (exact) mass is 242 g/mol. The first-order valence-electron chi connectivity index (χ1n) is 6.69. The predicted molar refractivity (Wildman–Crippen MR) is 68.9 cm³/mol. The van der Waals surface area contributed by atoms with E-state index in [-0.39, 0.29) is 11.1 Å². The van der Waals surface area contributed by atoms with Crippen molar-refractivity contribution in [2.75, 3.05) is 39.4 Å². The van der Waals surface area contributed by atoms with Gasteiger partial charge in [0.15, 0.2) is 0 Å². The molecule has 0 bridgehead atoms. The highest BCUT2D eigenvalue weighted by atomic mass is 16.5. The standard InChI is InChI=1S/C12H26N4O/c13-11(1-5-15-6-2-11)9-17-10-12(14)3-7-16-8-4-12/h15-16H,1-10,13-14H2. The Kier molecular flexibility index (Phi) is 4.38. The van der Waals surface area contributed by atoms with Crippen LogP contribution in [0.25, 0.3) is 0 Å². The summed E-state index contributed by atoms with van der Waals surface area (Å²) in [6.07, 6.45) is 3.97. The van der Waals surface area contributed by atoms with Gasteiger partial charge in [0.1, 0.15) is 0 Å². The SMILES string of the molecule is NC1(COCC2(N)CCNCC2)CCNCC1. The minimum absolute atomic E-state index is 0.144. The molecule has 0 radical (unpaired) electrons. The van der Waals surface area contributed by atoms with Gasteiger partial charge < -0.3 is 26.8 Å². The molecule has 5 heteroatoms. The van der Waals surface area contributed by atoms with Gasteiger partial charge in [-0.15, -0.1) is 0 Å². The molecular weight excluding hydrogens is 216 g/mol. The fourth-order valence-corrected chi connectivity index (χ4v) is 2.60. The van der Waals surface area contributed by atoms with Crippen molar-refractivity contribution < 1.29 is 4.74 Å². The van der Waals surface area contributed by atoms with E-state index < -0.39 is 0 Å². The van der Waals surface area contributed by atoms with Crippen molar-refractivity contribution in [2.45, 2.75) is 36.8 Å². The summed E-state index contributed by atoms with van der Waals surface area (Å²) >= 11 is 0. The Morgan fingerprint density at radius 3 is 1.47 bits per heavy atom. The van der Waals surface area contributed by atoms with Gasteiger partial charge in [-0.25, -0.2) is 0 Å². The lowest BCUT2D eigenvalue weighted by atomic mass is 9.89. The van der Waals surface area contributed by atoms with Crippen LogP contribution in [0.2, 0.25) is 0 Å². The van der Waals surface area contributed by atoms with Gasteiger partial charge >= 0.3 is 0 Å². The summed E-state index contributed by atoms with van der Waals surface area (Å²) in [6, 6.07) is 0. The topological polar surface area (TPSA) is 85.3 Å². The molecule has 0 atom stereocenters. The van der Waals surface area contributed by atoms with Crippen LogP contribution in [0.15, 0.2) is 0 Å². The number of ether oxygens (including phenoxy) is 1. The molecule has 0 spiro atoms. The number of nitrogens with one attached hydrogen (secondary N) is 2. The van der Waals surface area contributed by atoms with Crippen LogP contribution in [0.3, 0.4) is 0 Å². The second kappa shape index (κ2) is 5.63. The Hall–Kier alpha value is -0.200. The van der Waals surface area contributed by atoms with Crippen molar-refractivity contribution in [1.82, 2.24) is 10.6 Å². The van der Waals surface area contributed by atoms with E-state index in [0.717, 1.165) is 51.9 Å². The van der Waals surface area contributed by atoms with Crippen LogP contribution in [0.1, 0.15) is 25.7 Å². The number of hydrogen-bond donors (Lipinski definition) is 4. The minimum atomic E-state index is -0.144. The first-order valence-corrected chi connectivity index (χ1v) is 6.69. The summed E-state index contributed by atoms with van der Waals surface area (Å²) in [5.74, 6) is 0. The zero-order chi connectivity index (χ0) is 12.2. The van der Waals surface area contributed by atoms with E-state index in [1.54, 1.807) is 0 Å². The number of nitrogens with two attached hydrogens (primary N) is 2. The van der Waals surface area contributed by atoms with Crippen molar-refractivity contribution >= 4 is 0 Å². The van der Waals surface area contributed by atoms with Crippen LogP contribution in [0.5, 0.6) is 0 Å².